The van der Waals surface area contributed by atoms with Gasteiger partial charge in [0.25, 0.3) is 0 Å². The topological polar surface area (TPSA) is 88.4 Å². The summed E-state index contributed by atoms with van der Waals surface area (Å²) in [6.07, 6.45) is 3.30. The summed E-state index contributed by atoms with van der Waals surface area (Å²) < 4.78 is 31.8. The van der Waals surface area contributed by atoms with E-state index >= 15 is 0 Å². The number of hydrogen-bond acceptors (Lipinski definition) is 4. The van der Waals surface area contributed by atoms with Crippen LogP contribution in [0, 0.1) is 13.8 Å². The van der Waals surface area contributed by atoms with Gasteiger partial charge in [-0.25, -0.2) is 13.1 Å². The van der Waals surface area contributed by atoms with Gasteiger partial charge in [0.2, 0.25) is 15.9 Å². The minimum Gasteiger partial charge on any atom is -0.464 e. The molecule has 0 aliphatic carbocycles. The lowest BCUT2D eigenvalue weighted by Crippen LogP contribution is -2.25. The van der Waals surface area contributed by atoms with Gasteiger partial charge in [-0.2, -0.15) is 0 Å². The summed E-state index contributed by atoms with van der Waals surface area (Å²) in [5.41, 5.74) is 5.13. The highest BCUT2D eigenvalue weighted by molar-refractivity contribution is 7.88. The van der Waals surface area contributed by atoms with E-state index in [2.05, 4.69) is 16.6 Å². The van der Waals surface area contributed by atoms with E-state index in [1.807, 2.05) is 26.0 Å². The third-order valence-corrected chi connectivity index (χ3v) is 5.98. The molecule has 0 unspecified atom stereocenters. The van der Waals surface area contributed by atoms with Crippen molar-refractivity contribution < 1.29 is 17.6 Å². The SMILES string of the molecule is C=CCNS(=O)(=O)Cc1ccc(NC(=O)Cc2coc3cc(C)c(C)cc23)cc1. The van der Waals surface area contributed by atoms with Crippen molar-refractivity contribution in [2.75, 3.05) is 11.9 Å². The van der Waals surface area contributed by atoms with E-state index in [1.165, 1.54) is 6.08 Å². The number of carbonyl (C=O) groups is 1. The number of benzene rings is 2. The normalized spacial score (nSPS) is 11.5. The van der Waals surface area contributed by atoms with Gasteiger partial charge < -0.3 is 9.73 Å². The maximum Gasteiger partial charge on any atom is 0.228 e. The molecule has 0 saturated carbocycles. The van der Waals surface area contributed by atoms with Crippen LogP contribution in [-0.4, -0.2) is 20.9 Å². The van der Waals surface area contributed by atoms with Crippen LogP contribution in [0.3, 0.4) is 0 Å². The molecule has 1 amide bonds. The van der Waals surface area contributed by atoms with Crippen LogP contribution in [0.2, 0.25) is 0 Å². The molecule has 0 radical (unpaired) electrons. The second-order valence-electron chi connectivity index (χ2n) is 7.01. The summed E-state index contributed by atoms with van der Waals surface area (Å²) in [7, 11) is -3.41. The van der Waals surface area contributed by atoms with Gasteiger partial charge in [-0.05, 0) is 54.8 Å². The van der Waals surface area contributed by atoms with Crippen molar-refractivity contribution in [2.45, 2.75) is 26.0 Å². The third-order valence-electron chi connectivity index (χ3n) is 4.66. The highest BCUT2D eigenvalue weighted by Gasteiger charge is 2.13. The Labute approximate surface area is 170 Å². The molecule has 0 spiro atoms. The van der Waals surface area contributed by atoms with Crippen molar-refractivity contribution >= 4 is 32.6 Å². The molecule has 0 aliphatic heterocycles. The highest BCUT2D eigenvalue weighted by Crippen LogP contribution is 2.25. The molecular formula is C22H24N2O4S. The van der Waals surface area contributed by atoms with E-state index in [0.29, 0.717) is 11.3 Å². The fraction of sp³-hybridized carbons (Fsp3) is 0.227. The average Bonchev–Trinajstić information content (AvgIpc) is 3.03. The molecule has 6 nitrogen and oxygen atoms in total. The quantitative estimate of drug-likeness (QED) is 0.550. The summed E-state index contributed by atoms with van der Waals surface area (Å²) in [5.74, 6) is -0.298. The molecule has 0 saturated heterocycles. The molecule has 29 heavy (non-hydrogen) atoms. The monoisotopic (exact) mass is 412 g/mol. The number of rotatable bonds is 8. The summed E-state index contributed by atoms with van der Waals surface area (Å²) >= 11 is 0. The predicted molar refractivity (Wildman–Crippen MR) is 115 cm³/mol. The number of carbonyl (C=O) groups excluding carboxylic acids is 1. The van der Waals surface area contributed by atoms with Crippen LogP contribution in [0.5, 0.6) is 0 Å². The second-order valence-corrected chi connectivity index (χ2v) is 8.82. The Morgan fingerprint density at radius 3 is 2.52 bits per heavy atom. The summed E-state index contributed by atoms with van der Waals surface area (Å²) in [4.78, 5) is 12.4. The molecule has 152 valence electrons. The van der Waals surface area contributed by atoms with Crippen molar-refractivity contribution in [3.63, 3.8) is 0 Å². The first kappa shape index (κ1) is 20.8. The molecule has 0 bridgehead atoms. The number of sulfonamides is 1. The minimum atomic E-state index is -3.41. The van der Waals surface area contributed by atoms with E-state index in [1.54, 1.807) is 30.5 Å². The first-order valence-electron chi connectivity index (χ1n) is 9.22. The van der Waals surface area contributed by atoms with Crippen LogP contribution >= 0.6 is 0 Å². The van der Waals surface area contributed by atoms with E-state index in [0.717, 1.165) is 27.7 Å². The Bertz CT molecular complexity index is 1150. The van der Waals surface area contributed by atoms with Crippen LogP contribution in [0.15, 0.2) is 59.7 Å². The number of amides is 1. The van der Waals surface area contributed by atoms with Crippen molar-refractivity contribution in [3.8, 4) is 0 Å². The molecule has 2 aromatic carbocycles. The fourth-order valence-electron chi connectivity index (χ4n) is 2.99. The summed E-state index contributed by atoms with van der Waals surface area (Å²) in [5, 5.41) is 3.78. The largest absolute Gasteiger partial charge is 0.464 e. The Morgan fingerprint density at radius 1 is 1.14 bits per heavy atom. The Kier molecular flexibility index (Phi) is 6.20. The lowest BCUT2D eigenvalue weighted by molar-refractivity contribution is -0.115. The molecule has 7 heteroatoms. The number of anilines is 1. The van der Waals surface area contributed by atoms with Gasteiger partial charge >= 0.3 is 0 Å². The maximum absolute atomic E-state index is 12.4. The summed E-state index contributed by atoms with van der Waals surface area (Å²) in [6.45, 7) is 7.73. The standard InChI is InChI=1S/C22H24N2O4S/c1-4-9-23-29(26,27)14-17-5-7-19(8-6-17)24-22(25)12-18-13-28-21-11-16(3)15(2)10-20(18)21/h4-8,10-11,13,23H,1,9,12,14H2,2-3H3,(H,24,25). The smallest absolute Gasteiger partial charge is 0.228 e. The Balaban J connectivity index is 1.64. The zero-order valence-corrected chi connectivity index (χ0v) is 17.3. The molecule has 2 N–H and O–H groups in total. The molecular weight excluding hydrogens is 388 g/mol. The first-order valence-corrected chi connectivity index (χ1v) is 10.9. The van der Waals surface area contributed by atoms with E-state index < -0.39 is 10.0 Å². The number of furan rings is 1. The third kappa shape index (κ3) is 5.34. The van der Waals surface area contributed by atoms with Crippen molar-refractivity contribution in [1.29, 1.82) is 0 Å². The van der Waals surface area contributed by atoms with Crippen molar-refractivity contribution in [2.24, 2.45) is 0 Å². The Hall–Kier alpha value is -2.90. The molecule has 0 aliphatic rings. The molecule has 1 aromatic heterocycles. The van der Waals surface area contributed by atoms with Crippen molar-refractivity contribution in [1.82, 2.24) is 4.72 Å². The predicted octanol–water partition coefficient (Wildman–Crippen LogP) is 3.84. The highest BCUT2D eigenvalue weighted by atomic mass is 32.2. The maximum atomic E-state index is 12.4. The van der Waals surface area contributed by atoms with E-state index in [4.69, 9.17) is 4.42 Å². The number of nitrogens with one attached hydrogen (secondary N) is 2. The van der Waals surface area contributed by atoms with Gasteiger partial charge in [0.15, 0.2) is 0 Å². The first-order chi connectivity index (χ1) is 13.8. The fourth-order valence-corrected chi connectivity index (χ4v) is 4.10. The van der Waals surface area contributed by atoms with Crippen LogP contribution in [-0.2, 0) is 27.0 Å². The molecule has 0 atom stereocenters. The van der Waals surface area contributed by atoms with Crippen LogP contribution in [0.25, 0.3) is 11.0 Å². The summed E-state index contributed by atoms with van der Waals surface area (Å²) in [6, 6.07) is 10.8. The number of aryl methyl sites for hydroxylation is 2. The van der Waals surface area contributed by atoms with Gasteiger partial charge in [-0.1, -0.05) is 18.2 Å². The van der Waals surface area contributed by atoms with E-state index in [-0.39, 0.29) is 24.6 Å². The molecule has 0 fully saturated rings. The molecule has 1 heterocycles. The number of fused-ring (bicyclic) bond motifs is 1. The molecule has 3 aromatic rings. The van der Waals surface area contributed by atoms with Crippen molar-refractivity contribution in [3.05, 3.63) is 77.6 Å². The van der Waals surface area contributed by atoms with Gasteiger partial charge in [0, 0.05) is 23.2 Å². The van der Waals surface area contributed by atoms with Gasteiger partial charge in [0.1, 0.15) is 5.58 Å². The molecule has 3 rings (SSSR count). The number of hydrogen-bond donors (Lipinski definition) is 2. The van der Waals surface area contributed by atoms with Crippen LogP contribution in [0.4, 0.5) is 5.69 Å². The van der Waals surface area contributed by atoms with Crippen LogP contribution < -0.4 is 10.0 Å². The van der Waals surface area contributed by atoms with Gasteiger partial charge in [-0.3, -0.25) is 4.79 Å². The minimum absolute atomic E-state index is 0.130. The lowest BCUT2D eigenvalue weighted by atomic mass is 10.0. The van der Waals surface area contributed by atoms with E-state index in [9.17, 15) is 13.2 Å². The zero-order valence-electron chi connectivity index (χ0n) is 16.5. The lowest BCUT2D eigenvalue weighted by Gasteiger charge is -2.08. The zero-order chi connectivity index (χ0) is 21.0. The van der Waals surface area contributed by atoms with Crippen LogP contribution in [0.1, 0.15) is 22.3 Å². The average molecular weight is 413 g/mol. The Morgan fingerprint density at radius 2 is 1.83 bits per heavy atom. The van der Waals surface area contributed by atoms with Gasteiger partial charge in [-0.15, -0.1) is 6.58 Å². The van der Waals surface area contributed by atoms with Gasteiger partial charge in [0.05, 0.1) is 18.4 Å². The second kappa shape index (κ2) is 8.63.